The molecule has 2 aromatic carbocycles. The van der Waals surface area contributed by atoms with Gasteiger partial charge in [0.1, 0.15) is 5.52 Å². The van der Waals surface area contributed by atoms with Crippen molar-refractivity contribution in [2.24, 2.45) is 5.41 Å². The Morgan fingerprint density at radius 1 is 1.06 bits per heavy atom. The summed E-state index contributed by atoms with van der Waals surface area (Å²) in [6.07, 6.45) is 2.35. The van der Waals surface area contributed by atoms with Crippen molar-refractivity contribution in [3.63, 3.8) is 0 Å². The first-order valence-electron chi connectivity index (χ1n) is 16.2. The minimum absolute atomic E-state index is 0.124. The Hall–Kier alpha value is -4.26. The van der Waals surface area contributed by atoms with Gasteiger partial charge in [-0.2, -0.15) is 0 Å². The zero-order valence-corrected chi connectivity index (χ0v) is 30.0. The first-order chi connectivity index (χ1) is 24.1. The van der Waals surface area contributed by atoms with Crippen molar-refractivity contribution in [1.82, 2.24) is 24.8 Å². The standard InChI is InChI=1S/C37H34BrClF2N6O3/c1-20-24(6-5-9-27(20)43-33-31-29(16-22(38)17-42-31)44-34(46-33)32(40)41)25-7-4-8-26(30(25)39)28-11-10-21(35(45-28)49-2)18-47-19-37(36(48)50-3)14-12-23(47)13-15-37/h4-11,16-17,23,32H,12-15,18-19H2,1-3H3,(H,43,44,46). The molecule has 1 N–H and O–H groups in total. The molecule has 5 aromatic rings. The number of nitrogens with zero attached hydrogens (tertiary/aromatic N) is 5. The predicted molar refractivity (Wildman–Crippen MR) is 192 cm³/mol. The van der Waals surface area contributed by atoms with Gasteiger partial charge in [-0.3, -0.25) is 9.69 Å². The monoisotopic (exact) mass is 762 g/mol. The average Bonchev–Trinajstić information content (AvgIpc) is 3.12. The summed E-state index contributed by atoms with van der Waals surface area (Å²) < 4.78 is 39.1. The summed E-state index contributed by atoms with van der Waals surface area (Å²) in [5.41, 5.74) is 5.61. The van der Waals surface area contributed by atoms with E-state index in [0.29, 0.717) is 56.9 Å². The van der Waals surface area contributed by atoms with E-state index in [1.807, 2.05) is 55.5 Å². The third-order valence-corrected chi connectivity index (χ3v) is 10.8. The summed E-state index contributed by atoms with van der Waals surface area (Å²) >= 11 is 10.5. The van der Waals surface area contributed by atoms with E-state index in [1.165, 1.54) is 7.11 Å². The summed E-state index contributed by atoms with van der Waals surface area (Å²) in [6, 6.07) is 17.4. The van der Waals surface area contributed by atoms with Crippen molar-refractivity contribution >= 4 is 56.0 Å². The number of methoxy groups -OCH3 is 2. The molecule has 9 nitrogen and oxygen atoms in total. The van der Waals surface area contributed by atoms with Crippen molar-refractivity contribution in [2.75, 3.05) is 26.1 Å². The number of piperidine rings is 2. The molecule has 8 rings (SSSR count). The van der Waals surface area contributed by atoms with Gasteiger partial charge in [-0.25, -0.2) is 28.7 Å². The van der Waals surface area contributed by atoms with Crippen LogP contribution in [-0.2, 0) is 16.1 Å². The fraction of sp³-hybridized carbons (Fsp3) is 0.324. The van der Waals surface area contributed by atoms with Gasteiger partial charge in [0.25, 0.3) is 6.43 Å². The molecular formula is C37H34BrClF2N6O3. The Labute approximate surface area is 301 Å². The zero-order valence-electron chi connectivity index (χ0n) is 27.6. The number of ether oxygens (including phenoxy) is 2. The number of esters is 1. The number of nitrogens with one attached hydrogen (secondary N) is 1. The van der Waals surface area contributed by atoms with Crippen molar-refractivity contribution in [2.45, 2.75) is 51.6 Å². The van der Waals surface area contributed by atoms with E-state index < -0.39 is 17.7 Å². The molecule has 0 spiro atoms. The molecule has 2 aliphatic heterocycles. The number of hydrogen-bond acceptors (Lipinski definition) is 9. The highest BCUT2D eigenvalue weighted by atomic mass is 79.9. The number of benzene rings is 2. The molecule has 0 amide bonds. The number of carbonyl (C=O) groups is 1. The molecule has 3 fully saturated rings. The fourth-order valence-electron chi connectivity index (χ4n) is 7.33. The second-order valence-electron chi connectivity index (χ2n) is 12.8. The maximum atomic E-state index is 13.7. The van der Waals surface area contributed by atoms with Crippen LogP contribution < -0.4 is 10.1 Å². The van der Waals surface area contributed by atoms with E-state index in [0.717, 1.165) is 53.5 Å². The van der Waals surface area contributed by atoms with Crippen LogP contribution in [0.4, 0.5) is 20.3 Å². The van der Waals surface area contributed by atoms with Crippen molar-refractivity contribution in [1.29, 1.82) is 0 Å². The number of fused-ring (bicyclic) bond motifs is 4. The molecule has 1 aliphatic carbocycles. The lowest BCUT2D eigenvalue weighted by Gasteiger charge is -2.51. The molecule has 50 heavy (non-hydrogen) atoms. The van der Waals surface area contributed by atoms with E-state index in [1.54, 1.807) is 19.4 Å². The van der Waals surface area contributed by atoms with Gasteiger partial charge >= 0.3 is 5.97 Å². The quantitative estimate of drug-likeness (QED) is 0.147. The molecule has 0 unspecified atom stereocenters. The number of halogens is 4. The number of alkyl halides is 2. The predicted octanol–water partition coefficient (Wildman–Crippen LogP) is 9.09. The summed E-state index contributed by atoms with van der Waals surface area (Å²) in [5.74, 6) is -0.0411. The first kappa shape index (κ1) is 34.2. The molecule has 13 heteroatoms. The molecule has 1 saturated carbocycles. The SMILES string of the molecule is COC(=O)C12CCC(CC1)N(Cc1ccc(-c3cccc(-c4cccc(Nc5nc(C(F)F)nc6cc(Br)cnc56)c4C)c3Cl)nc1OC)C2. The average molecular weight is 764 g/mol. The number of anilines is 2. The summed E-state index contributed by atoms with van der Waals surface area (Å²) in [6.45, 7) is 3.20. The van der Waals surface area contributed by atoms with Crippen LogP contribution in [0.1, 0.15) is 49.1 Å². The number of carbonyl (C=O) groups excluding carboxylic acids is 1. The van der Waals surface area contributed by atoms with Crippen LogP contribution in [0.5, 0.6) is 5.88 Å². The lowest BCUT2D eigenvalue weighted by Crippen LogP contribution is -2.56. The largest absolute Gasteiger partial charge is 0.481 e. The number of pyridine rings is 2. The van der Waals surface area contributed by atoms with Crippen LogP contribution in [0.15, 0.2) is 65.3 Å². The zero-order chi connectivity index (χ0) is 35.2. The molecule has 3 aromatic heterocycles. The molecule has 3 aliphatic rings. The highest BCUT2D eigenvalue weighted by molar-refractivity contribution is 9.10. The third kappa shape index (κ3) is 6.29. The molecule has 2 saturated heterocycles. The van der Waals surface area contributed by atoms with Gasteiger partial charge in [0.15, 0.2) is 11.6 Å². The second-order valence-corrected chi connectivity index (χ2v) is 14.1. The van der Waals surface area contributed by atoms with Crippen LogP contribution in [0.25, 0.3) is 33.4 Å². The molecule has 0 radical (unpaired) electrons. The van der Waals surface area contributed by atoms with Crippen LogP contribution >= 0.6 is 27.5 Å². The summed E-state index contributed by atoms with van der Waals surface area (Å²) in [7, 11) is 3.07. The second kappa shape index (κ2) is 13.8. The van der Waals surface area contributed by atoms with Gasteiger partial charge in [0.05, 0.1) is 35.9 Å². The van der Waals surface area contributed by atoms with Gasteiger partial charge in [-0.1, -0.05) is 48.0 Å². The lowest BCUT2D eigenvalue weighted by molar-refractivity contribution is -0.163. The van der Waals surface area contributed by atoms with Crippen LogP contribution in [0.2, 0.25) is 5.02 Å². The fourth-order valence-corrected chi connectivity index (χ4v) is 7.97. The lowest BCUT2D eigenvalue weighted by atomic mass is 9.67. The molecule has 0 atom stereocenters. The maximum Gasteiger partial charge on any atom is 0.313 e. The molecule has 5 heterocycles. The van der Waals surface area contributed by atoms with Crippen LogP contribution in [-0.4, -0.2) is 57.6 Å². The Bertz CT molecular complexity index is 2110. The van der Waals surface area contributed by atoms with Gasteiger partial charge in [-0.15, -0.1) is 0 Å². The third-order valence-electron chi connectivity index (χ3n) is 9.93. The van der Waals surface area contributed by atoms with Gasteiger partial charge < -0.3 is 14.8 Å². The first-order valence-corrected chi connectivity index (χ1v) is 17.4. The van der Waals surface area contributed by atoms with Gasteiger partial charge in [0, 0.05) is 52.2 Å². The summed E-state index contributed by atoms with van der Waals surface area (Å²) in [5, 5.41) is 3.72. The molecule has 2 bridgehead atoms. The highest BCUT2D eigenvalue weighted by Gasteiger charge is 2.50. The topological polar surface area (TPSA) is 102 Å². The van der Waals surface area contributed by atoms with Crippen molar-refractivity contribution in [3.8, 4) is 28.3 Å². The van der Waals surface area contributed by atoms with Gasteiger partial charge in [-0.05, 0) is 77.9 Å². The maximum absolute atomic E-state index is 13.7. The van der Waals surface area contributed by atoms with E-state index in [-0.39, 0.29) is 11.8 Å². The Morgan fingerprint density at radius 2 is 1.80 bits per heavy atom. The van der Waals surface area contributed by atoms with Gasteiger partial charge in [0.2, 0.25) is 5.88 Å². The molecular weight excluding hydrogens is 730 g/mol. The van der Waals surface area contributed by atoms with Crippen LogP contribution in [0, 0.1) is 12.3 Å². The van der Waals surface area contributed by atoms with E-state index >= 15 is 0 Å². The normalized spacial score (nSPS) is 18.8. The Morgan fingerprint density at radius 3 is 2.54 bits per heavy atom. The van der Waals surface area contributed by atoms with E-state index in [9.17, 15) is 13.6 Å². The van der Waals surface area contributed by atoms with Crippen molar-refractivity contribution < 1.29 is 23.0 Å². The van der Waals surface area contributed by atoms with E-state index in [2.05, 4.69) is 41.1 Å². The number of rotatable bonds is 9. The van der Waals surface area contributed by atoms with E-state index in [4.69, 9.17) is 26.1 Å². The Kier molecular flexibility index (Phi) is 9.44. The van der Waals surface area contributed by atoms with Crippen LogP contribution in [0.3, 0.4) is 0 Å². The summed E-state index contributed by atoms with van der Waals surface area (Å²) in [4.78, 5) is 32.4. The minimum Gasteiger partial charge on any atom is -0.481 e. The molecule has 258 valence electrons. The minimum atomic E-state index is -2.85. The Balaban J connectivity index is 1.18. The number of hydrogen-bond donors (Lipinski definition) is 1. The highest BCUT2D eigenvalue weighted by Crippen LogP contribution is 2.46. The van der Waals surface area contributed by atoms with Crippen molar-refractivity contribution in [3.05, 3.63) is 87.2 Å². The smallest absolute Gasteiger partial charge is 0.313 e. The number of aromatic nitrogens is 4.